The molecule has 14 aromatic rings. The van der Waals surface area contributed by atoms with Crippen LogP contribution in [-0.4, -0.2) is 47.1 Å². The largest absolute Gasteiger partial charge is 0.508 e. The van der Waals surface area contributed by atoms with Crippen molar-refractivity contribution in [1.82, 2.24) is 29.8 Å². The summed E-state index contributed by atoms with van der Waals surface area (Å²) in [5, 5.41) is 36.1. The fraction of sp³-hybridized carbons (Fsp3) is 0.138. The van der Waals surface area contributed by atoms with Gasteiger partial charge in [0.15, 0.2) is 0 Å². The number of hydrogen-bond acceptors (Lipinski definition) is 6. The molecule has 0 aliphatic rings. The van der Waals surface area contributed by atoms with Gasteiger partial charge in [0.1, 0.15) is 17.2 Å². The van der Waals surface area contributed by atoms with Crippen molar-refractivity contribution >= 4 is 0 Å². The molecule has 0 fully saturated rings. The summed E-state index contributed by atoms with van der Waals surface area (Å²) in [5.74, 6) is 1.42. The normalized spacial score (nSPS) is 10.9. The highest BCUT2D eigenvalue weighted by atomic mass is 16.5. The summed E-state index contributed by atoms with van der Waals surface area (Å²) in [7, 11) is 1.71. The second kappa shape index (κ2) is 31.4. The van der Waals surface area contributed by atoms with Gasteiger partial charge in [0.05, 0.1) is 38.8 Å². The molecule has 11 aromatic carbocycles. The van der Waals surface area contributed by atoms with E-state index in [2.05, 4.69) is 219 Å². The van der Waals surface area contributed by atoms with E-state index in [-0.39, 0.29) is 11.5 Å². The molecule has 0 spiro atoms. The molecule has 476 valence electrons. The fourth-order valence-corrected chi connectivity index (χ4v) is 12.7. The number of rotatable bonds is 20. The summed E-state index contributed by atoms with van der Waals surface area (Å²) < 4.78 is 9.45. The Morgan fingerprint density at radius 3 is 0.958 bits per heavy atom. The van der Waals surface area contributed by atoms with Crippen LogP contribution in [0, 0.1) is 0 Å². The third-order valence-electron chi connectivity index (χ3n) is 17.2. The quantitative estimate of drug-likeness (QED) is 0.0700. The number of phenols is 2. The van der Waals surface area contributed by atoms with E-state index in [1.807, 2.05) is 94.8 Å². The zero-order valence-electron chi connectivity index (χ0n) is 55.0. The maximum atomic E-state index is 9.87. The van der Waals surface area contributed by atoms with Gasteiger partial charge in [-0.2, -0.15) is 15.3 Å². The third kappa shape index (κ3) is 15.7. The number of aryl methyl sites for hydroxylation is 3. The maximum Gasteiger partial charge on any atom is 0.118 e. The molecule has 0 atom stereocenters. The number of phenolic OH excluding ortho intramolecular Hbond substituents is 2. The van der Waals surface area contributed by atoms with Crippen molar-refractivity contribution in [2.75, 3.05) is 7.11 Å². The molecular formula is C87H80N6O3. The summed E-state index contributed by atoms with van der Waals surface area (Å²) >= 11 is 0. The van der Waals surface area contributed by atoms with Crippen molar-refractivity contribution in [2.45, 2.75) is 72.4 Å². The molecule has 3 N–H and O–H groups in total. The summed E-state index contributed by atoms with van der Waals surface area (Å²) in [6, 6.07) is 89.7. The van der Waals surface area contributed by atoms with Crippen LogP contribution < -0.4 is 4.74 Å². The number of ether oxygens (including phenoxy) is 1. The Kier molecular flexibility index (Phi) is 21.1. The lowest BCUT2D eigenvalue weighted by atomic mass is 9.86. The van der Waals surface area contributed by atoms with Crippen LogP contribution in [0.4, 0.5) is 0 Å². The molecule has 0 saturated heterocycles. The van der Waals surface area contributed by atoms with Crippen LogP contribution in [0.25, 0.3) is 100 Å². The SMILES string of the molecule is CCCc1cc(-c2ccc(O)cc2)c(-c2ccccc2)c(-c2cn[nH]c2)c1.CCCc1cc(-c2ccc(O)cc2)c(-c2ccccc2)c(-c2cnn(Cc3ccccc3)c2)c1.CCCc1cc(-c2ccc(OC)cc2)c(-c2ccccc2)c(-c2cnn(Cc3ccccc3)c2)c1. The minimum atomic E-state index is 0.275. The Morgan fingerprint density at radius 1 is 0.333 bits per heavy atom. The number of nitrogens with one attached hydrogen (secondary N) is 1. The standard InChI is InChI=1S/C32H30N2O.C31H28N2O.C24H22N2O/c1-3-10-25-19-30(26-15-17-29(35-2)18-16-26)32(27-13-8-5-9-14-27)31(20-25)28-21-33-34(23-28)22-24-11-6-4-7-12-24;1-2-9-24-18-29(25-14-16-28(34)17-15-25)31(26-12-7-4-8-13-26)30(19-24)27-20-32-33(22-27)21-23-10-5-3-6-11-23;1-2-6-17-13-22(18-9-11-21(27)12-10-18)24(19-7-4-3-5-8-19)23(14-17)20-15-25-26-16-20/h4-9,11-21,23H,3,10,22H2,1-2H3;3-8,10-20,22,34H,2,9,21H2,1H3;3-5,7-16,27H,2,6H2,1H3,(H,25,26). The molecule has 96 heavy (non-hydrogen) atoms. The zero-order chi connectivity index (χ0) is 66.0. The highest BCUT2D eigenvalue weighted by molar-refractivity contribution is 5.97. The van der Waals surface area contributed by atoms with Crippen LogP contribution >= 0.6 is 0 Å². The van der Waals surface area contributed by atoms with E-state index in [9.17, 15) is 10.2 Å². The van der Waals surface area contributed by atoms with Crippen LogP contribution in [0.3, 0.4) is 0 Å². The minimum absolute atomic E-state index is 0.275. The van der Waals surface area contributed by atoms with Crippen LogP contribution in [0.5, 0.6) is 17.2 Å². The predicted molar refractivity (Wildman–Crippen MR) is 395 cm³/mol. The highest BCUT2D eigenvalue weighted by Crippen LogP contribution is 2.45. The molecule has 0 aliphatic carbocycles. The molecule has 0 unspecified atom stereocenters. The van der Waals surface area contributed by atoms with Gasteiger partial charge in [-0.15, -0.1) is 0 Å². The highest BCUT2D eigenvalue weighted by Gasteiger charge is 2.21. The predicted octanol–water partition coefficient (Wildman–Crippen LogP) is 21.6. The average molecular weight is 1260 g/mol. The van der Waals surface area contributed by atoms with Crippen molar-refractivity contribution in [3.05, 3.63) is 326 Å². The van der Waals surface area contributed by atoms with E-state index in [0.29, 0.717) is 0 Å². The summed E-state index contributed by atoms with van der Waals surface area (Å²) in [4.78, 5) is 0. The molecule has 3 heterocycles. The van der Waals surface area contributed by atoms with Crippen LogP contribution in [0.1, 0.15) is 67.9 Å². The van der Waals surface area contributed by atoms with E-state index in [1.165, 1.54) is 100 Å². The number of aromatic nitrogens is 6. The zero-order valence-corrected chi connectivity index (χ0v) is 55.0. The van der Waals surface area contributed by atoms with Gasteiger partial charge in [-0.3, -0.25) is 14.5 Å². The third-order valence-corrected chi connectivity index (χ3v) is 17.2. The van der Waals surface area contributed by atoms with E-state index < -0.39 is 0 Å². The van der Waals surface area contributed by atoms with E-state index in [1.54, 1.807) is 31.4 Å². The van der Waals surface area contributed by atoms with Crippen molar-refractivity contribution < 1.29 is 14.9 Å². The van der Waals surface area contributed by atoms with Gasteiger partial charge < -0.3 is 14.9 Å². The molecule has 0 amide bonds. The minimum Gasteiger partial charge on any atom is -0.508 e. The molecule has 3 aromatic heterocycles. The second-order valence-corrected chi connectivity index (χ2v) is 24.2. The first kappa shape index (κ1) is 64.6. The molecule has 0 saturated carbocycles. The summed E-state index contributed by atoms with van der Waals surface area (Å²) in [6.45, 7) is 8.13. The van der Waals surface area contributed by atoms with Gasteiger partial charge in [-0.1, -0.05) is 264 Å². The van der Waals surface area contributed by atoms with Gasteiger partial charge in [-0.25, -0.2) is 0 Å². The molecule has 0 radical (unpaired) electrons. The lowest BCUT2D eigenvalue weighted by molar-refractivity contribution is 0.415. The van der Waals surface area contributed by atoms with Crippen molar-refractivity contribution in [2.24, 2.45) is 0 Å². The summed E-state index contributed by atoms with van der Waals surface area (Å²) in [6.07, 6.45) is 18.4. The van der Waals surface area contributed by atoms with Gasteiger partial charge in [-0.05, 0) is 167 Å². The number of hydrogen-bond donors (Lipinski definition) is 3. The van der Waals surface area contributed by atoms with Crippen LogP contribution in [-0.2, 0) is 32.4 Å². The Labute approximate surface area is 564 Å². The average Bonchev–Trinajstić information content (AvgIpc) is 1.19. The Bertz CT molecular complexity index is 4740. The molecule has 9 heteroatoms. The first-order chi connectivity index (χ1) is 47.2. The number of H-pyrrole nitrogens is 1. The smallest absolute Gasteiger partial charge is 0.118 e. The van der Waals surface area contributed by atoms with Gasteiger partial charge in [0, 0.05) is 35.3 Å². The maximum absolute atomic E-state index is 9.87. The number of benzene rings is 11. The van der Waals surface area contributed by atoms with E-state index in [4.69, 9.17) is 14.9 Å². The van der Waals surface area contributed by atoms with Gasteiger partial charge in [0.2, 0.25) is 0 Å². The monoisotopic (exact) mass is 1260 g/mol. The van der Waals surface area contributed by atoms with E-state index >= 15 is 0 Å². The number of aromatic amines is 1. The molecule has 14 rings (SSSR count). The summed E-state index contributed by atoms with van der Waals surface area (Å²) in [5.41, 5.74) is 27.4. The molecule has 0 bridgehead atoms. The Hall–Kier alpha value is -11.6. The number of aromatic hydroxyl groups is 2. The van der Waals surface area contributed by atoms with Crippen LogP contribution in [0.15, 0.2) is 298 Å². The second-order valence-electron chi connectivity index (χ2n) is 24.2. The topological polar surface area (TPSA) is 114 Å². The lowest BCUT2D eigenvalue weighted by Crippen LogP contribution is -1.99. The van der Waals surface area contributed by atoms with Gasteiger partial charge in [0.25, 0.3) is 0 Å². The van der Waals surface area contributed by atoms with Crippen LogP contribution in [0.2, 0.25) is 0 Å². The fourth-order valence-electron chi connectivity index (χ4n) is 12.7. The van der Waals surface area contributed by atoms with Crippen molar-refractivity contribution in [1.29, 1.82) is 0 Å². The Morgan fingerprint density at radius 2 is 0.646 bits per heavy atom. The number of nitrogens with zero attached hydrogens (tertiary/aromatic N) is 5. The number of methoxy groups -OCH3 is 1. The van der Waals surface area contributed by atoms with Crippen molar-refractivity contribution in [3.63, 3.8) is 0 Å². The first-order valence-corrected chi connectivity index (χ1v) is 33.2. The lowest BCUT2D eigenvalue weighted by Gasteiger charge is -2.18. The molecule has 9 nitrogen and oxygen atoms in total. The molecule has 0 aliphatic heterocycles. The first-order valence-electron chi connectivity index (χ1n) is 33.2. The van der Waals surface area contributed by atoms with Gasteiger partial charge >= 0.3 is 0 Å². The van der Waals surface area contributed by atoms with Crippen molar-refractivity contribution in [3.8, 4) is 117 Å². The molecular weight excluding hydrogens is 1180 g/mol. The van der Waals surface area contributed by atoms with E-state index in [0.717, 1.165) is 85.2 Å². The Balaban J connectivity index is 0.000000139.